The number of esters is 3. The van der Waals surface area contributed by atoms with Crippen LogP contribution in [0.4, 0.5) is 24.0 Å². The molecule has 3 fully saturated rings. The Kier molecular flexibility index (Phi) is 25.3. The summed E-state index contributed by atoms with van der Waals surface area (Å²) in [5.41, 5.74) is -4.90. The minimum absolute atomic E-state index is 0.120. The van der Waals surface area contributed by atoms with Crippen molar-refractivity contribution in [3.8, 4) is 0 Å². The lowest BCUT2D eigenvalue weighted by atomic mass is 9.83. The van der Waals surface area contributed by atoms with Crippen molar-refractivity contribution in [2.75, 3.05) is 19.7 Å². The van der Waals surface area contributed by atoms with E-state index in [0.717, 1.165) is 20.8 Å². The zero-order chi connectivity index (χ0) is 62.5. The Balaban J connectivity index is 2.31. The van der Waals surface area contributed by atoms with Gasteiger partial charge in [-0.2, -0.15) is 0 Å². The molecular weight excluding hydrogens is 1090 g/mol. The fourth-order valence-electron chi connectivity index (χ4n) is 8.63. The maximum Gasteiger partial charge on any atom is 0.408 e. The van der Waals surface area contributed by atoms with Gasteiger partial charge in [0.1, 0.15) is 58.5 Å². The Bertz CT molecular complexity index is 2200. The highest BCUT2D eigenvalue weighted by Crippen LogP contribution is 2.35. The SMILES string of the molecule is CC(=O)OC1[C@@H](O[C@@H]2C(O)C(O[C@H]3OC(CNC(=O)OC(C)(C)C)CCC3NC(=O)OC(C)(C)C)[C@H](NC(=O)OC(C)(C)C)C[C@H]2NC(=O)[C@H](CCNC(=O)OC(C)(C)C)OC(C)=O)OC(CO)[C@H](OC(C)=O)[C@@H]1NC(=O)OC(C)(C)C. The molecule has 0 aromatic carbocycles. The molecule has 3 rings (SSSR count). The Hall–Kier alpha value is -6.01. The summed E-state index contributed by atoms with van der Waals surface area (Å²) in [4.78, 5) is 119. The molecule has 8 N–H and O–H groups in total. The summed E-state index contributed by atoms with van der Waals surface area (Å²) in [6, 6.07) is -5.65. The van der Waals surface area contributed by atoms with Crippen LogP contribution in [0.2, 0.25) is 0 Å². The fraction of sp³-hybridized carbons (Fsp3) is 0.830. The first-order chi connectivity index (χ1) is 37.5. The predicted octanol–water partition coefficient (Wildman–Crippen LogP) is 3.14. The van der Waals surface area contributed by atoms with Gasteiger partial charge in [0, 0.05) is 40.3 Å². The molecule has 2 heterocycles. The van der Waals surface area contributed by atoms with Crippen molar-refractivity contribution in [3.63, 3.8) is 0 Å². The summed E-state index contributed by atoms with van der Waals surface area (Å²) < 4.78 is 70.0. The van der Waals surface area contributed by atoms with E-state index in [2.05, 4.69) is 31.9 Å². The molecule has 3 aliphatic rings. The normalized spacial score (nSPS) is 27.3. The van der Waals surface area contributed by atoms with Gasteiger partial charge in [-0.05, 0) is 123 Å². The molecule has 82 heavy (non-hydrogen) atoms. The van der Waals surface area contributed by atoms with Crippen LogP contribution >= 0.6 is 0 Å². The van der Waals surface area contributed by atoms with E-state index in [1.165, 1.54) is 0 Å². The van der Waals surface area contributed by atoms with Crippen molar-refractivity contribution in [2.45, 2.75) is 264 Å². The molecule has 6 amide bonds. The van der Waals surface area contributed by atoms with Crippen LogP contribution in [-0.4, -0.2) is 198 Å². The molecule has 29 nitrogen and oxygen atoms in total. The van der Waals surface area contributed by atoms with Crippen molar-refractivity contribution in [2.24, 2.45) is 0 Å². The molecule has 0 aromatic heterocycles. The fourth-order valence-corrected chi connectivity index (χ4v) is 8.63. The highest BCUT2D eigenvalue weighted by Gasteiger charge is 2.56. The quantitative estimate of drug-likeness (QED) is 0.0722. The number of carbonyl (C=O) groups is 9. The molecule has 29 heteroatoms. The minimum Gasteiger partial charge on any atom is -0.457 e. The maximum atomic E-state index is 14.6. The third-order valence-electron chi connectivity index (χ3n) is 11.4. The second-order valence-corrected chi connectivity index (χ2v) is 25.0. The molecule has 0 radical (unpaired) electrons. The molecule has 0 aromatic rings. The zero-order valence-electron chi connectivity index (χ0n) is 50.5. The number of hydrogen-bond acceptors (Lipinski definition) is 23. The zero-order valence-corrected chi connectivity index (χ0v) is 50.5. The number of hydrogen-bond donors (Lipinski definition) is 8. The van der Waals surface area contributed by atoms with Crippen LogP contribution in [0.5, 0.6) is 0 Å². The number of ether oxygens (including phenoxy) is 12. The van der Waals surface area contributed by atoms with Gasteiger partial charge in [-0.3, -0.25) is 19.2 Å². The first-order valence-corrected chi connectivity index (χ1v) is 27.2. The van der Waals surface area contributed by atoms with Gasteiger partial charge < -0.3 is 99.0 Å². The predicted molar refractivity (Wildman–Crippen MR) is 285 cm³/mol. The van der Waals surface area contributed by atoms with Crippen LogP contribution in [0, 0.1) is 0 Å². The van der Waals surface area contributed by atoms with Crippen LogP contribution in [0.3, 0.4) is 0 Å². The van der Waals surface area contributed by atoms with Crippen LogP contribution in [0.15, 0.2) is 0 Å². The smallest absolute Gasteiger partial charge is 0.408 e. The summed E-state index contributed by atoms with van der Waals surface area (Å²) in [5.74, 6) is -3.83. The van der Waals surface area contributed by atoms with E-state index in [4.69, 9.17) is 56.8 Å². The Morgan fingerprint density at radius 3 is 1.43 bits per heavy atom. The molecule has 2 aliphatic heterocycles. The highest BCUT2D eigenvalue weighted by atomic mass is 16.7. The van der Waals surface area contributed by atoms with Crippen molar-refractivity contribution in [1.29, 1.82) is 0 Å². The van der Waals surface area contributed by atoms with Gasteiger partial charge in [0.15, 0.2) is 30.9 Å². The molecule has 1 aliphatic carbocycles. The Labute approximate surface area is 478 Å². The topological polar surface area (TPSA) is 377 Å². The van der Waals surface area contributed by atoms with Gasteiger partial charge in [0.05, 0.1) is 30.8 Å². The minimum atomic E-state index is -2.09. The average molecular weight is 1180 g/mol. The van der Waals surface area contributed by atoms with Crippen LogP contribution < -0.4 is 31.9 Å². The molecule has 6 unspecified atom stereocenters. The third kappa shape index (κ3) is 25.2. The van der Waals surface area contributed by atoms with Crippen molar-refractivity contribution >= 4 is 54.3 Å². The lowest BCUT2D eigenvalue weighted by molar-refractivity contribution is -0.318. The number of alkyl carbamates (subject to hydrolysis) is 5. The van der Waals surface area contributed by atoms with Crippen LogP contribution in [-0.2, 0) is 76.0 Å². The third-order valence-corrected chi connectivity index (χ3v) is 11.4. The first-order valence-electron chi connectivity index (χ1n) is 27.2. The summed E-state index contributed by atoms with van der Waals surface area (Å²) in [7, 11) is 0. The summed E-state index contributed by atoms with van der Waals surface area (Å²) in [6.45, 7) is 26.1. The summed E-state index contributed by atoms with van der Waals surface area (Å²) >= 11 is 0. The molecule has 0 spiro atoms. The molecule has 14 atom stereocenters. The molecule has 0 bridgehead atoms. The van der Waals surface area contributed by atoms with Gasteiger partial charge in [-0.25, -0.2) is 24.0 Å². The number of amides is 6. The summed E-state index contributed by atoms with van der Waals surface area (Å²) in [6.07, 6.45) is -21.8. The van der Waals surface area contributed by atoms with Gasteiger partial charge in [-0.15, -0.1) is 0 Å². The largest absolute Gasteiger partial charge is 0.457 e. The monoisotopic (exact) mass is 1180 g/mol. The lowest BCUT2D eigenvalue weighted by Crippen LogP contribution is -2.71. The maximum absolute atomic E-state index is 14.6. The lowest BCUT2D eigenvalue weighted by Gasteiger charge is -2.50. The first kappa shape index (κ1) is 70.3. The number of aliphatic hydroxyl groups is 2. The molecular formula is C53H90N6O23. The van der Waals surface area contributed by atoms with Gasteiger partial charge >= 0.3 is 48.4 Å². The number of rotatable bonds is 18. The van der Waals surface area contributed by atoms with E-state index in [9.17, 15) is 53.4 Å². The van der Waals surface area contributed by atoms with Gasteiger partial charge in [-0.1, -0.05) is 0 Å². The van der Waals surface area contributed by atoms with Gasteiger partial charge in [0.25, 0.3) is 5.91 Å². The van der Waals surface area contributed by atoms with E-state index >= 15 is 0 Å². The van der Waals surface area contributed by atoms with E-state index in [-0.39, 0.29) is 32.4 Å². The molecule has 2 saturated heterocycles. The van der Waals surface area contributed by atoms with Crippen LogP contribution in [0.1, 0.15) is 150 Å². The van der Waals surface area contributed by atoms with Gasteiger partial charge in [0.2, 0.25) is 0 Å². The second kappa shape index (κ2) is 29.5. The number of carbonyl (C=O) groups excluding carboxylic acids is 9. The van der Waals surface area contributed by atoms with E-state index < -0.39 is 181 Å². The Morgan fingerprint density at radius 1 is 0.512 bits per heavy atom. The standard InChI is InChI=1S/C53H90N6O23/c1-26(61)71-33(21-22-54-44(66)78-49(4,5)6)41(65)56-31-23-32(58-47(69)81-52(13,14)15)38(76-42-30(57-46(68)80-51(10,11)12)20-19-29(74-42)24-55-45(67)79-50(7,8)9)36(64)37(31)77-43-40(73-28(3)63)35(59-48(70)82-53(16,17)18)39(72-27(2)62)34(25-60)75-43/h29-40,42-43,60,64H,19-25H2,1-18H3,(H,54,66)(H,55,67)(H,56,65)(H,57,68)(H,58,69)(H,59,70)/t29?,30?,31-,32-,33+,34?,35+,36?,37+,38?,39+,40?,42-,43-/m1/s1. The highest BCUT2D eigenvalue weighted by molar-refractivity contribution is 5.84. The van der Waals surface area contributed by atoms with Crippen LogP contribution in [0.25, 0.3) is 0 Å². The summed E-state index contributed by atoms with van der Waals surface area (Å²) in [5, 5.41) is 39.6. The Morgan fingerprint density at radius 2 is 0.951 bits per heavy atom. The molecule has 470 valence electrons. The van der Waals surface area contributed by atoms with E-state index in [1.807, 2.05) is 0 Å². The number of aliphatic hydroxyl groups excluding tert-OH is 2. The molecule has 1 saturated carbocycles. The van der Waals surface area contributed by atoms with Crippen molar-refractivity contribution in [1.82, 2.24) is 31.9 Å². The van der Waals surface area contributed by atoms with E-state index in [1.54, 1.807) is 104 Å². The number of nitrogens with one attached hydrogen (secondary N) is 6. The van der Waals surface area contributed by atoms with E-state index in [0.29, 0.717) is 0 Å². The average Bonchev–Trinajstić information content (AvgIpc) is 3.20. The van der Waals surface area contributed by atoms with Crippen molar-refractivity contribution in [3.05, 3.63) is 0 Å². The van der Waals surface area contributed by atoms with Crippen molar-refractivity contribution < 1.29 is 110 Å². The second-order valence-electron chi connectivity index (χ2n) is 25.0.